The second-order valence-electron chi connectivity index (χ2n) is 11.8. The molecule has 4 rings (SSSR count). The van der Waals surface area contributed by atoms with Gasteiger partial charge < -0.3 is 72.1 Å². The molecule has 2 saturated heterocycles. The number of hydrogen-bond acceptors (Lipinski definition) is 14. The number of likely N-dealkylation sites (N-methyl/N-ethyl adjacent to an activating group) is 1. The van der Waals surface area contributed by atoms with Crippen molar-refractivity contribution in [2.24, 2.45) is 29.0 Å². The highest BCUT2D eigenvalue weighted by atomic mass is 16.7. The molecule has 0 amide bonds. The number of ether oxygens (including phenoxy) is 4. The van der Waals surface area contributed by atoms with Crippen LogP contribution < -0.4 is 22.5 Å². The molecule has 0 aromatic carbocycles. The minimum absolute atomic E-state index is 0.0662. The third kappa shape index (κ3) is 5.76. The third-order valence-corrected chi connectivity index (χ3v) is 8.85. The molecule has 0 bridgehead atoms. The van der Waals surface area contributed by atoms with Crippen molar-refractivity contribution in [2.45, 2.75) is 124 Å². The standard InChI is InChI=1S/C24H46N4O10/c1-8(25)19-16(31)15(30)17(32)23(36-19)38-21-12(27)5-11(26)20(18(21)33)37-22-14(29)10-4-13(28-3)24(2,34)6-9(10)7-35-22/h8-23,28-34H,4-7,25-27H2,1-3H3. The van der Waals surface area contributed by atoms with Crippen molar-refractivity contribution in [2.75, 3.05) is 13.7 Å². The van der Waals surface area contributed by atoms with Crippen LogP contribution in [0.15, 0.2) is 0 Å². The summed E-state index contributed by atoms with van der Waals surface area (Å²) in [6.45, 7) is 3.60. The molecule has 17 atom stereocenters. The highest BCUT2D eigenvalue weighted by molar-refractivity contribution is 5.03. The van der Waals surface area contributed by atoms with Gasteiger partial charge >= 0.3 is 0 Å². The molecule has 2 aliphatic heterocycles. The molecular weight excluding hydrogens is 504 g/mol. The van der Waals surface area contributed by atoms with E-state index < -0.39 is 85.1 Å². The van der Waals surface area contributed by atoms with Crippen molar-refractivity contribution < 1.29 is 49.6 Å². The summed E-state index contributed by atoms with van der Waals surface area (Å²) in [6.07, 6.45) is -11.6. The Balaban J connectivity index is 1.44. The highest BCUT2D eigenvalue weighted by Crippen LogP contribution is 2.43. The van der Waals surface area contributed by atoms with Gasteiger partial charge in [-0.25, -0.2) is 0 Å². The lowest BCUT2D eigenvalue weighted by molar-refractivity contribution is -0.331. The predicted octanol–water partition coefficient (Wildman–Crippen LogP) is -4.59. The summed E-state index contributed by atoms with van der Waals surface area (Å²) >= 11 is 0. The van der Waals surface area contributed by atoms with Gasteiger partial charge in [0, 0.05) is 24.2 Å². The maximum Gasteiger partial charge on any atom is 0.187 e. The molecule has 2 heterocycles. The molecule has 38 heavy (non-hydrogen) atoms. The van der Waals surface area contributed by atoms with Gasteiger partial charge in [0.05, 0.1) is 12.2 Å². The second-order valence-corrected chi connectivity index (χ2v) is 11.8. The number of hydrogen-bond donors (Lipinski definition) is 10. The summed E-state index contributed by atoms with van der Waals surface area (Å²) in [5.74, 6) is -0.268. The molecule has 0 aromatic heterocycles. The fourth-order valence-electron chi connectivity index (χ4n) is 6.58. The van der Waals surface area contributed by atoms with E-state index in [0.717, 1.165) is 0 Å². The lowest BCUT2D eigenvalue weighted by Gasteiger charge is -2.51. The quantitative estimate of drug-likeness (QED) is 0.149. The smallest absolute Gasteiger partial charge is 0.187 e. The average Bonchev–Trinajstić information content (AvgIpc) is 2.84. The summed E-state index contributed by atoms with van der Waals surface area (Å²) in [7, 11) is 1.77. The van der Waals surface area contributed by atoms with Gasteiger partial charge in [0.1, 0.15) is 48.8 Å². The van der Waals surface area contributed by atoms with Gasteiger partial charge in [-0.15, -0.1) is 0 Å². The maximum atomic E-state index is 11.2. The van der Waals surface area contributed by atoms with Crippen LogP contribution in [0.25, 0.3) is 0 Å². The first-order valence-electron chi connectivity index (χ1n) is 13.4. The van der Waals surface area contributed by atoms with E-state index in [4.69, 9.17) is 36.1 Å². The van der Waals surface area contributed by atoms with Gasteiger partial charge in [0.15, 0.2) is 12.6 Å². The molecule has 0 spiro atoms. The topological polar surface area (TPSA) is 248 Å². The number of nitrogens with two attached hydrogens (primary N) is 3. The summed E-state index contributed by atoms with van der Waals surface area (Å²) < 4.78 is 23.4. The number of nitrogens with one attached hydrogen (secondary N) is 1. The zero-order valence-corrected chi connectivity index (χ0v) is 22.1. The van der Waals surface area contributed by atoms with Crippen molar-refractivity contribution >= 4 is 0 Å². The normalized spacial score (nSPS) is 54.8. The minimum Gasteiger partial charge on any atom is -0.389 e. The van der Waals surface area contributed by atoms with Crippen LogP contribution in [0, 0.1) is 11.8 Å². The van der Waals surface area contributed by atoms with Gasteiger partial charge in [-0.1, -0.05) is 0 Å². The second kappa shape index (κ2) is 11.7. The van der Waals surface area contributed by atoms with Crippen molar-refractivity contribution in [3.05, 3.63) is 0 Å². The minimum atomic E-state index is -1.63. The Morgan fingerprint density at radius 3 is 2.08 bits per heavy atom. The summed E-state index contributed by atoms with van der Waals surface area (Å²) in [6, 6.07) is -2.39. The summed E-state index contributed by atoms with van der Waals surface area (Å²) in [4.78, 5) is 0. The lowest BCUT2D eigenvalue weighted by atomic mass is 9.67. The fraction of sp³-hybridized carbons (Fsp3) is 1.00. The van der Waals surface area contributed by atoms with Gasteiger partial charge in [-0.2, -0.15) is 0 Å². The van der Waals surface area contributed by atoms with E-state index >= 15 is 0 Å². The lowest BCUT2D eigenvalue weighted by Crippen LogP contribution is -2.68. The molecule has 4 aliphatic rings. The van der Waals surface area contributed by atoms with Crippen molar-refractivity contribution in [3.63, 3.8) is 0 Å². The number of aliphatic hydroxyl groups is 6. The van der Waals surface area contributed by atoms with Crippen LogP contribution in [0.5, 0.6) is 0 Å². The van der Waals surface area contributed by atoms with Gasteiger partial charge in [0.25, 0.3) is 0 Å². The van der Waals surface area contributed by atoms with E-state index in [1.54, 1.807) is 20.9 Å². The maximum absolute atomic E-state index is 11.2. The zero-order chi connectivity index (χ0) is 28.1. The summed E-state index contributed by atoms with van der Waals surface area (Å²) in [5, 5.41) is 67.2. The fourth-order valence-corrected chi connectivity index (χ4v) is 6.58. The van der Waals surface area contributed by atoms with Gasteiger partial charge in [0.2, 0.25) is 0 Å². The third-order valence-electron chi connectivity index (χ3n) is 8.85. The van der Waals surface area contributed by atoms with Crippen LogP contribution in [0.4, 0.5) is 0 Å². The van der Waals surface area contributed by atoms with Crippen molar-refractivity contribution in [3.8, 4) is 0 Å². The summed E-state index contributed by atoms with van der Waals surface area (Å²) in [5.41, 5.74) is 17.4. The average molecular weight is 551 g/mol. The number of fused-ring (bicyclic) bond motifs is 1. The number of aliphatic hydroxyl groups excluding tert-OH is 5. The molecule has 4 fully saturated rings. The van der Waals surface area contributed by atoms with E-state index in [0.29, 0.717) is 12.8 Å². The molecule has 2 saturated carbocycles. The largest absolute Gasteiger partial charge is 0.389 e. The van der Waals surface area contributed by atoms with Crippen LogP contribution in [-0.4, -0.2) is 135 Å². The Hall–Kier alpha value is -0.560. The first kappa shape index (κ1) is 30.4. The zero-order valence-electron chi connectivity index (χ0n) is 22.1. The Morgan fingerprint density at radius 2 is 1.50 bits per heavy atom. The Morgan fingerprint density at radius 1 is 0.895 bits per heavy atom. The van der Waals surface area contributed by atoms with Crippen LogP contribution in [-0.2, 0) is 18.9 Å². The molecule has 0 aromatic rings. The van der Waals surface area contributed by atoms with Gasteiger partial charge in [-0.05, 0) is 52.0 Å². The predicted molar refractivity (Wildman–Crippen MR) is 132 cm³/mol. The molecule has 222 valence electrons. The molecule has 0 radical (unpaired) electrons. The van der Waals surface area contributed by atoms with E-state index in [-0.39, 0.29) is 30.9 Å². The first-order valence-corrected chi connectivity index (χ1v) is 13.4. The van der Waals surface area contributed by atoms with Crippen LogP contribution in [0.3, 0.4) is 0 Å². The SMILES string of the molecule is CNC1CC2C(COC(OC3C(N)CC(N)C(OC4OC(C(C)N)C(O)C(O)C4O)C3O)C2O)CC1(C)O. The van der Waals surface area contributed by atoms with E-state index in [9.17, 15) is 30.6 Å². The Kier molecular flexibility index (Phi) is 9.39. The molecule has 13 N–H and O–H groups in total. The monoisotopic (exact) mass is 550 g/mol. The molecule has 2 aliphatic carbocycles. The van der Waals surface area contributed by atoms with Crippen LogP contribution >= 0.6 is 0 Å². The first-order chi connectivity index (χ1) is 17.8. The van der Waals surface area contributed by atoms with Crippen molar-refractivity contribution in [1.82, 2.24) is 5.32 Å². The van der Waals surface area contributed by atoms with E-state index in [2.05, 4.69) is 5.32 Å². The molecule has 14 nitrogen and oxygen atoms in total. The van der Waals surface area contributed by atoms with E-state index in [1.165, 1.54) is 0 Å². The molecule has 14 heteroatoms. The van der Waals surface area contributed by atoms with Crippen LogP contribution in [0.1, 0.15) is 33.1 Å². The molecular formula is C24H46N4O10. The highest BCUT2D eigenvalue weighted by Gasteiger charge is 2.53. The van der Waals surface area contributed by atoms with Crippen molar-refractivity contribution in [1.29, 1.82) is 0 Å². The van der Waals surface area contributed by atoms with Crippen LogP contribution in [0.2, 0.25) is 0 Å². The number of rotatable bonds is 6. The van der Waals surface area contributed by atoms with E-state index in [1.807, 2.05) is 0 Å². The molecule has 17 unspecified atom stereocenters. The Labute approximate surface area is 222 Å². The van der Waals surface area contributed by atoms with Gasteiger partial charge in [-0.3, -0.25) is 0 Å². The Bertz CT molecular complexity index is 795.